The molecule has 2 aromatic carbocycles. The van der Waals surface area contributed by atoms with E-state index < -0.39 is 10.0 Å². The summed E-state index contributed by atoms with van der Waals surface area (Å²) in [5, 5.41) is 3.71. The average molecular weight is 577 g/mol. The second kappa shape index (κ2) is 11.8. The molecule has 1 amide bonds. The lowest BCUT2D eigenvalue weighted by molar-refractivity contribution is -0.124. The van der Waals surface area contributed by atoms with E-state index in [0.29, 0.717) is 30.4 Å². The maximum absolute atomic E-state index is 13.3. The van der Waals surface area contributed by atoms with Gasteiger partial charge in [-0.1, -0.05) is 54.9 Å². The van der Waals surface area contributed by atoms with Crippen LogP contribution in [0.25, 0.3) is 10.9 Å². The molecule has 0 saturated carbocycles. The third-order valence-corrected chi connectivity index (χ3v) is 9.23. The Bertz CT molecular complexity index is 1500. The molecule has 3 aromatic rings. The summed E-state index contributed by atoms with van der Waals surface area (Å²) >= 11 is 12.5. The number of aromatic nitrogens is 1. The number of carbonyl (C=O) groups is 2. The normalized spacial score (nSPS) is 14.8. The lowest BCUT2D eigenvalue weighted by Gasteiger charge is -2.31. The van der Waals surface area contributed by atoms with E-state index in [2.05, 4.69) is 16.9 Å². The first kappa shape index (κ1) is 28.0. The topological polar surface area (TPSA) is 106 Å². The van der Waals surface area contributed by atoms with Gasteiger partial charge < -0.3 is 10.1 Å². The van der Waals surface area contributed by atoms with Crippen LogP contribution in [0.15, 0.2) is 65.7 Å². The van der Waals surface area contributed by atoms with E-state index in [4.69, 9.17) is 27.9 Å². The molecule has 0 bridgehead atoms. The second-order valence-corrected chi connectivity index (χ2v) is 11.6. The van der Waals surface area contributed by atoms with Crippen molar-refractivity contribution in [1.29, 1.82) is 0 Å². The van der Waals surface area contributed by atoms with Crippen molar-refractivity contribution in [3.05, 3.63) is 76.4 Å². The van der Waals surface area contributed by atoms with Gasteiger partial charge in [-0.3, -0.25) is 14.6 Å². The minimum absolute atomic E-state index is 0.0376. The molecule has 8 nitrogen and oxygen atoms in total. The molecule has 1 aliphatic rings. The number of hydrogen-bond acceptors (Lipinski definition) is 6. The highest BCUT2D eigenvalue weighted by Crippen LogP contribution is 2.36. The number of hydrogen-bond donors (Lipinski definition) is 1. The maximum Gasteiger partial charge on any atom is 0.258 e. The largest absolute Gasteiger partial charge is 0.482 e. The van der Waals surface area contributed by atoms with Crippen molar-refractivity contribution < 1.29 is 22.7 Å². The fraction of sp³-hybridized carbons (Fsp3) is 0.296. The zero-order valence-corrected chi connectivity index (χ0v) is 23.1. The van der Waals surface area contributed by atoms with Crippen molar-refractivity contribution in [3.63, 3.8) is 0 Å². The molecule has 4 rings (SSSR count). The van der Waals surface area contributed by atoms with E-state index in [9.17, 15) is 18.0 Å². The van der Waals surface area contributed by atoms with Crippen LogP contribution in [0, 0.1) is 0 Å². The van der Waals surface area contributed by atoms with Crippen LogP contribution in [0.5, 0.6) is 5.75 Å². The number of carbonyl (C=O) groups excluding carboxylic acids is 2. The number of allylic oxidation sites excluding steroid dienone is 1. The minimum Gasteiger partial charge on any atom is -0.482 e. The van der Waals surface area contributed by atoms with Crippen LogP contribution in [-0.4, -0.2) is 55.1 Å². The standard InChI is InChI=1S/C27H27Cl2N3O5S/c1-3-17(2)27(34)20-9-10-21(25(29)24(20)28)37-16-23(33)31-19-11-14-32(15-12-19)38(35,36)22-8-4-6-18-7-5-13-30-26(18)22/h4-10,13,19H,2-3,11-12,14-16H2,1H3,(H,31,33). The molecule has 0 radical (unpaired) electrons. The van der Waals surface area contributed by atoms with Crippen molar-refractivity contribution in [2.75, 3.05) is 19.7 Å². The number of sulfonamides is 1. The molecule has 0 aliphatic carbocycles. The van der Waals surface area contributed by atoms with Crippen LogP contribution < -0.4 is 10.1 Å². The Balaban J connectivity index is 1.33. The molecule has 1 N–H and O–H groups in total. The van der Waals surface area contributed by atoms with Gasteiger partial charge in [-0.05, 0) is 49.1 Å². The van der Waals surface area contributed by atoms with Gasteiger partial charge in [0.25, 0.3) is 5.91 Å². The summed E-state index contributed by atoms with van der Waals surface area (Å²) in [4.78, 5) is 29.3. The van der Waals surface area contributed by atoms with Crippen molar-refractivity contribution >= 4 is 55.8 Å². The molecule has 38 heavy (non-hydrogen) atoms. The van der Waals surface area contributed by atoms with E-state index >= 15 is 0 Å². The van der Waals surface area contributed by atoms with Crippen molar-refractivity contribution in [1.82, 2.24) is 14.6 Å². The van der Waals surface area contributed by atoms with Crippen LogP contribution in [0.2, 0.25) is 10.0 Å². The molecule has 1 aromatic heterocycles. The first-order valence-electron chi connectivity index (χ1n) is 12.1. The summed E-state index contributed by atoms with van der Waals surface area (Å²) in [5.41, 5.74) is 1.07. The predicted molar refractivity (Wildman–Crippen MR) is 147 cm³/mol. The van der Waals surface area contributed by atoms with E-state index in [0.717, 1.165) is 5.39 Å². The van der Waals surface area contributed by atoms with Gasteiger partial charge in [-0.25, -0.2) is 8.42 Å². The maximum atomic E-state index is 13.3. The molecule has 2 heterocycles. The first-order chi connectivity index (χ1) is 18.1. The second-order valence-electron chi connectivity index (χ2n) is 8.89. The summed E-state index contributed by atoms with van der Waals surface area (Å²) in [6, 6.07) is 11.5. The van der Waals surface area contributed by atoms with E-state index in [1.54, 1.807) is 24.4 Å². The lowest BCUT2D eigenvalue weighted by Crippen LogP contribution is -2.47. The number of Topliss-reactive ketones (excluding diaryl/α,β-unsaturated/α-hetero) is 1. The summed E-state index contributed by atoms with van der Waals surface area (Å²) < 4.78 is 33.6. The number of para-hydroxylation sites is 1. The monoisotopic (exact) mass is 575 g/mol. The number of piperidine rings is 1. The Morgan fingerprint density at radius 2 is 1.82 bits per heavy atom. The molecule has 0 atom stereocenters. The average Bonchev–Trinajstić information content (AvgIpc) is 2.93. The zero-order chi connectivity index (χ0) is 27.4. The number of halogens is 2. The first-order valence-corrected chi connectivity index (χ1v) is 14.3. The Morgan fingerprint density at radius 1 is 1.11 bits per heavy atom. The Labute approximate surface area is 231 Å². The van der Waals surface area contributed by atoms with Crippen LogP contribution in [-0.2, 0) is 14.8 Å². The highest BCUT2D eigenvalue weighted by Gasteiger charge is 2.31. The molecule has 0 unspecified atom stereocenters. The number of amides is 1. The van der Waals surface area contributed by atoms with Crippen molar-refractivity contribution in [2.24, 2.45) is 0 Å². The van der Waals surface area contributed by atoms with Gasteiger partial charge in [-0.15, -0.1) is 0 Å². The molecule has 1 fully saturated rings. The number of ether oxygens (including phenoxy) is 1. The molecule has 0 spiro atoms. The predicted octanol–water partition coefficient (Wildman–Crippen LogP) is 5.04. The highest BCUT2D eigenvalue weighted by molar-refractivity contribution is 7.89. The summed E-state index contributed by atoms with van der Waals surface area (Å²) in [6.45, 7) is 5.75. The molecule has 1 saturated heterocycles. The number of ketones is 1. The van der Waals surface area contributed by atoms with Crippen molar-refractivity contribution in [2.45, 2.75) is 37.1 Å². The third-order valence-electron chi connectivity index (χ3n) is 6.43. The Morgan fingerprint density at radius 3 is 2.53 bits per heavy atom. The van der Waals surface area contributed by atoms with Crippen LogP contribution >= 0.6 is 23.2 Å². The fourth-order valence-electron chi connectivity index (χ4n) is 4.25. The van der Waals surface area contributed by atoms with Gasteiger partial charge in [0, 0.05) is 36.3 Å². The minimum atomic E-state index is -3.74. The number of fused-ring (bicyclic) bond motifs is 1. The smallest absolute Gasteiger partial charge is 0.258 e. The van der Waals surface area contributed by atoms with E-state index in [1.165, 1.54) is 16.4 Å². The van der Waals surface area contributed by atoms with Gasteiger partial charge in [-0.2, -0.15) is 4.31 Å². The molecule has 11 heteroatoms. The molecule has 200 valence electrons. The van der Waals surface area contributed by atoms with E-state index in [1.807, 2.05) is 19.1 Å². The molecular weight excluding hydrogens is 549 g/mol. The summed E-state index contributed by atoms with van der Waals surface area (Å²) in [7, 11) is -3.74. The SMILES string of the molecule is C=C(CC)C(=O)c1ccc(OCC(=O)NC2CCN(S(=O)(=O)c3cccc4cccnc34)CC2)c(Cl)c1Cl. The number of rotatable bonds is 9. The number of nitrogens with zero attached hydrogens (tertiary/aromatic N) is 2. The van der Waals surface area contributed by atoms with Gasteiger partial charge in [0.1, 0.15) is 15.7 Å². The Kier molecular flexibility index (Phi) is 8.72. The van der Waals surface area contributed by atoms with Crippen LogP contribution in [0.4, 0.5) is 0 Å². The summed E-state index contributed by atoms with van der Waals surface area (Å²) in [6.07, 6.45) is 2.96. The van der Waals surface area contributed by atoms with Gasteiger partial charge in [0.15, 0.2) is 12.4 Å². The number of pyridine rings is 1. The van der Waals surface area contributed by atoms with Crippen LogP contribution in [0.1, 0.15) is 36.5 Å². The molecular formula is C27H27Cl2N3O5S. The summed E-state index contributed by atoms with van der Waals surface area (Å²) in [5.74, 6) is -0.500. The van der Waals surface area contributed by atoms with Gasteiger partial charge >= 0.3 is 0 Å². The third kappa shape index (κ3) is 5.86. The number of benzene rings is 2. The highest BCUT2D eigenvalue weighted by atomic mass is 35.5. The number of nitrogens with one attached hydrogen (secondary N) is 1. The van der Waals surface area contributed by atoms with Gasteiger partial charge in [0.2, 0.25) is 10.0 Å². The van der Waals surface area contributed by atoms with Crippen molar-refractivity contribution in [3.8, 4) is 5.75 Å². The Hall–Kier alpha value is -2.98. The molecule has 1 aliphatic heterocycles. The van der Waals surface area contributed by atoms with Crippen LogP contribution in [0.3, 0.4) is 0 Å². The van der Waals surface area contributed by atoms with Gasteiger partial charge in [0.05, 0.1) is 10.5 Å². The quantitative estimate of drug-likeness (QED) is 0.283. The van der Waals surface area contributed by atoms with E-state index in [-0.39, 0.29) is 63.7 Å². The zero-order valence-electron chi connectivity index (χ0n) is 20.7. The lowest BCUT2D eigenvalue weighted by atomic mass is 10.0. The fourth-order valence-corrected chi connectivity index (χ4v) is 6.34.